The average Bonchev–Trinajstić information content (AvgIpc) is 2.83. The topological polar surface area (TPSA) is 48.7 Å². The molecule has 1 fully saturated rings. The van der Waals surface area contributed by atoms with Gasteiger partial charge in [-0.25, -0.2) is 0 Å². The van der Waals surface area contributed by atoms with Gasteiger partial charge in [0.15, 0.2) is 0 Å². The van der Waals surface area contributed by atoms with Gasteiger partial charge in [0.2, 0.25) is 5.91 Å². The minimum absolute atomic E-state index is 0.172. The van der Waals surface area contributed by atoms with Crippen LogP contribution in [0.4, 0.5) is 0 Å². The number of β-amino-alcohol motifs (C(OH)–C–C–N with tert-alkyl or cyclic N) is 1. The van der Waals surface area contributed by atoms with Crippen molar-refractivity contribution in [2.75, 3.05) is 32.7 Å². The van der Waals surface area contributed by atoms with Crippen LogP contribution in [0.2, 0.25) is 0 Å². The number of hydrogen-bond donors (Lipinski definition) is 1. The van der Waals surface area contributed by atoms with E-state index in [2.05, 4.69) is 27.7 Å². The third kappa shape index (κ3) is 3.57. The van der Waals surface area contributed by atoms with Gasteiger partial charge in [0.25, 0.3) is 0 Å². The Bertz CT molecular complexity index is 685. The Balaban J connectivity index is 1.64. The van der Waals surface area contributed by atoms with E-state index in [1.807, 2.05) is 24.0 Å². The predicted octanol–water partition coefficient (Wildman–Crippen LogP) is 1.47. The fraction of sp³-hybridized carbons (Fsp3) is 0.500. The number of piperazine rings is 1. The number of carbonyl (C=O) groups is 1. The number of aryl methyl sites for hydroxylation is 1. The molecule has 124 valence electrons. The number of hydrogen-bond acceptors (Lipinski definition) is 3. The molecule has 0 radical (unpaired) electrons. The number of fused-ring (bicyclic) bond motifs is 1. The van der Waals surface area contributed by atoms with Crippen LogP contribution >= 0.6 is 0 Å². The number of aliphatic hydroxyl groups is 1. The van der Waals surface area contributed by atoms with Crippen LogP contribution in [-0.4, -0.2) is 64.2 Å². The molecule has 1 unspecified atom stereocenters. The number of aliphatic hydroxyl groups excluding tert-OH is 1. The first-order valence-electron chi connectivity index (χ1n) is 8.27. The van der Waals surface area contributed by atoms with Crippen molar-refractivity contribution >= 4 is 16.8 Å². The van der Waals surface area contributed by atoms with Crippen molar-refractivity contribution in [2.45, 2.75) is 26.5 Å². The molecule has 1 N–H and O–H groups in total. The molecule has 1 aliphatic heterocycles. The van der Waals surface area contributed by atoms with Crippen molar-refractivity contribution in [2.24, 2.45) is 0 Å². The van der Waals surface area contributed by atoms with Gasteiger partial charge < -0.3 is 14.6 Å². The molecule has 5 heteroatoms. The zero-order valence-electron chi connectivity index (χ0n) is 13.9. The number of para-hydroxylation sites is 1. The van der Waals surface area contributed by atoms with E-state index < -0.39 is 0 Å². The van der Waals surface area contributed by atoms with Gasteiger partial charge in [-0.1, -0.05) is 18.2 Å². The summed E-state index contributed by atoms with van der Waals surface area (Å²) in [7, 11) is 0. The van der Waals surface area contributed by atoms with Crippen LogP contribution < -0.4 is 0 Å². The van der Waals surface area contributed by atoms with Gasteiger partial charge in [0.05, 0.1) is 6.10 Å². The highest BCUT2D eigenvalue weighted by Gasteiger charge is 2.22. The van der Waals surface area contributed by atoms with Crippen LogP contribution in [-0.2, 0) is 11.3 Å². The van der Waals surface area contributed by atoms with E-state index in [1.165, 1.54) is 5.39 Å². The summed E-state index contributed by atoms with van der Waals surface area (Å²) >= 11 is 0. The highest BCUT2D eigenvalue weighted by molar-refractivity contribution is 5.84. The number of amides is 1. The molecule has 3 rings (SSSR count). The first-order valence-corrected chi connectivity index (χ1v) is 8.27. The van der Waals surface area contributed by atoms with Crippen LogP contribution in [0.5, 0.6) is 0 Å². The number of rotatable bonds is 4. The molecule has 0 bridgehead atoms. The first kappa shape index (κ1) is 16.0. The molecular formula is C18H25N3O2. The quantitative estimate of drug-likeness (QED) is 0.929. The monoisotopic (exact) mass is 315 g/mol. The van der Waals surface area contributed by atoms with Crippen LogP contribution in [0.15, 0.2) is 30.3 Å². The lowest BCUT2D eigenvalue weighted by Gasteiger charge is -2.35. The van der Waals surface area contributed by atoms with Gasteiger partial charge in [-0.05, 0) is 31.4 Å². The fourth-order valence-electron chi connectivity index (χ4n) is 3.35. The molecule has 1 aliphatic rings. The van der Waals surface area contributed by atoms with Gasteiger partial charge in [-0.2, -0.15) is 0 Å². The zero-order valence-corrected chi connectivity index (χ0v) is 13.9. The highest BCUT2D eigenvalue weighted by atomic mass is 16.3. The van der Waals surface area contributed by atoms with Crippen molar-refractivity contribution in [1.29, 1.82) is 0 Å². The Morgan fingerprint density at radius 3 is 2.61 bits per heavy atom. The Hall–Kier alpha value is -1.85. The first-order chi connectivity index (χ1) is 11.0. The lowest BCUT2D eigenvalue weighted by atomic mass is 10.2. The Labute approximate surface area is 137 Å². The van der Waals surface area contributed by atoms with E-state index in [9.17, 15) is 9.90 Å². The second-order valence-electron chi connectivity index (χ2n) is 6.46. The molecular weight excluding hydrogens is 290 g/mol. The van der Waals surface area contributed by atoms with Gasteiger partial charge in [-0.3, -0.25) is 9.69 Å². The number of benzene rings is 1. The van der Waals surface area contributed by atoms with Crippen LogP contribution in [0.25, 0.3) is 10.9 Å². The molecule has 0 aliphatic carbocycles. The van der Waals surface area contributed by atoms with Crippen LogP contribution in [0, 0.1) is 6.92 Å². The Morgan fingerprint density at radius 1 is 1.22 bits per heavy atom. The molecule has 0 spiro atoms. The number of aromatic nitrogens is 1. The molecule has 5 nitrogen and oxygen atoms in total. The summed E-state index contributed by atoms with van der Waals surface area (Å²) in [5.74, 6) is 0.172. The van der Waals surface area contributed by atoms with Crippen molar-refractivity contribution in [3.05, 3.63) is 36.0 Å². The molecule has 1 atom stereocenters. The van der Waals surface area contributed by atoms with Crippen LogP contribution in [0.3, 0.4) is 0 Å². The van der Waals surface area contributed by atoms with E-state index >= 15 is 0 Å². The summed E-state index contributed by atoms with van der Waals surface area (Å²) in [6, 6.07) is 10.3. The zero-order chi connectivity index (χ0) is 16.4. The summed E-state index contributed by atoms with van der Waals surface area (Å²) in [5, 5.41) is 10.6. The van der Waals surface area contributed by atoms with Gasteiger partial charge in [-0.15, -0.1) is 0 Å². The predicted molar refractivity (Wildman–Crippen MR) is 91.4 cm³/mol. The molecule has 1 amide bonds. The normalized spacial score (nSPS) is 17.6. The molecule has 1 aromatic carbocycles. The fourth-order valence-corrected chi connectivity index (χ4v) is 3.35. The maximum absolute atomic E-state index is 12.6. The summed E-state index contributed by atoms with van der Waals surface area (Å²) in [5.41, 5.74) is 2.23. The molecule has 2 heterocycles. The largest absolute Gasteiger partial charge is 0.392 e. The van der Waals surface area contributed by atoms with Crippen molar-refractivity contribution in [1.82, 2.24) is 14.4 Å². The second kappa shape index (κ2) is 6.72. The van der Waals surface area contributed by atoms with Gasteiger partial charge >= 0.3 is 0 Å². The molecule has 1 aromatic heterocycles. The lowest BCUT2D eigenvalue weighted by Crippen LogP contribution is -2.50. The van der Waals surface area contributed by atoms with Gasteiger partial charge in [0, 0.05) is 43.9 Å². The summed E-state index contributed by atoms with van der Waals surface area (Å²) in [6.07, 6.45) is -0.314. The third-order valence-electron chi connectivity index (χ3n) is 4.56. The van der Waals surface area contributed by atoms with E-state index in [4.69, 9.17) is 0 Å². The lowest BCUT2D eigenvalue weighted by molar-refractivity contribution is -0.133. The minimum atomic E-state index is -0.314. The van der Waals surface area contributed by atoms with Gasteiger partial charge in [0.1, 0.15) is 6.54 Å². The Morgan fingerprint density at radius 2 is 1.91 bits per heavy atom. The van der Waals surface area contributed by atoms with Crippen LogP contribution in [0.1, 0.15) is 12.6 Å². The highest BCUT2D eigenvalue weighted by Crippen LogP contribution is 2.19. The maximum Gasteiger partial charge on any atom is 0.242 e. The third-order valence-corrected chi connectivity index (χ3v) is 4.56. The molecule has 23 heavy (non-hydrogen) atoms. The minimum Gasteiger partial charge on any atom is -0.392 e. The second-order valence-corrected chi connectivity index (χ2v) is 6.46. The summed E-state index contributed by atoms with van der Waals surface area (Å²) in [6.45, 7) is 8.09. The smallest absolute Gasteiger partial charge is 0.242 e. The Kier molecular flexibility index (Phi) is 4.68. The van der Waals surface area contributed by atoms with Crippen molar-refractivity contribution in [3.8, 4) is 0 Å². The molecule has 2 aromatic rings. The molecule has 0 saturated carbocycles. The maximum atomic E-state index is 12.6. The summed E-state index contributed by atoms with van der Waals surface area (Å²) in [4.78, 5) is 16.8. The standard InChI is InChI=1S/C18H25N3O2/c1-14-11-16-5-3-4-6-17(16)21(14)13-18(23)20-9-7-19(8-10-20)12-15(2)22/h3-6,11,15,22H,7-10,12-13H2,1-2H3. The SMILES string of the molecule is Cc1cc2ccccc2n1CC(=O)N1CCN(CC(C)O)CC1. The summed E-state index contributed by atoms with van der Waals surface area (Å²) < 4.78 is 2.10. The van der Waals surface area contributed by atoms with E-state index in [0.717, 1.165) is 37.4 Å². The van der Waals surface area contributed by atoms with E-state index in [1.54, 1.807) is 6.92 Å². The molecule has 1 saturated heterocycles. The van der Waals surface area contributed by atoms with E-state index in [-0.39, 0.29) is 12.0 Å². The van der Waals surface area contributed by atoms with Crippen molar-refractivity contribution < 1.29 is 9.90 Å². The van der Waals surface area contributed by atoms with Crippen molar-refractivity contribution in [3.63, 3.8) is 0 Å². The number of carbonyl (C=O) groups excluding carboxylic acids is 1. The average molecular weight is 315 g/mol. The number of nitrogens with zero attached hydrogens (tertiary/aromatic N) is 3. The van der Waals surface area contributed by atoms with E-state index in [0.29, 0.717) is 13.1 Å².